The molecule has 0 unspecified atom stereocenters. The third-order valence-electron chi connectivity index (χ3n) is 4.55. The molecule has 3 aromatic rings. The summed E-state index contributed by atoms with van der Waals surface area (Å²) in [6.45, 7) is 0. The van der Waals surface area contributed by atoms with Gasteiger partial charge in [0, 0.05) is 38.1 Å². The first-order valence-electron chi connectivity index (χ1n) is 9.69. The Kier molecular flexibility index (Phi) is 7.20. The number of nitrogen functional groups attached to an aromatic ring is 1. The van der Waals surface area contributed by atoms with Crippen LogP contribution >= 0.6 is 11.6 Å². The molecular weight excluding hydrogens is 493 g/mol. The molecule has 184 valence electrons. The lowest BCUT2D eigenvalue weighted by Crippen LogP contribution is -2.22. The Hall–Kier alpha value is -4.26. The number of hydrogen-bond donors (Lipinski definition) is 3. The average molecular weight is 511 g/mol. The first kappa shape index (κ1) is 25.4. The van der Waals surface area contributed by atoms with Gasteiger partial charge >= 0.3 is 17.9 Å². The molecule has 3 rings (SSSR count). The number of ether oxygens (including phenoxy) is 1. The van der Waals surface area contributed by atoms with Crippen LogP contribution in [0, 0.1) is 10.1 Å². The van der Waals surface area contributed by atoms with Crippen molar-refractivity contribution in [3.8, 4) is 11.5 Å². The van der Waals surface area contributed by atoms with Gasteiger partial charge in [0.1, 0.15) is 5.75 Å². The van der Waals surface area contributed by atoms with Gasteiger partial charge in [-0.15, -0.1) is 0 Å². The standard InChI is InChI=1S/C21H18ClF3N6O4/c1-30(2)16-10-12(35-17-7-8-27-19(26)18(17)31(33)34)4-6-15(16)29-20(32)28-11-3-5-14(22)13(9-11)21(23,24)25/h3-10H,1-2H3,(H2,26,27)(H2,28,29,32). The largest absolute Gasteiger partial charge is 0.450 e. The molecule has 10 nitrogen and oxygen atoms in total. The Morgan fingerprint density at radius 3 is 2.51 bits per heavy atom. The molecule has 0 aliphatic heterocycles. The molecule has 35 heavy (non-hydrogen) atoms. The maximum Gasteiger partial charge on any atom is 0.417 e. The van der Waals surface area contributed by atoms with Gasteiger partial charge in [-0.25, -0.2) is 9.78 Å². The Bertz CT molecular complexity index is 1290. The molecule has 1 heterocycles. The van der Waals surface area contributed by atoms with Crippen LogP contribution in [0.5, 0.6) is 11.5 Å². The molecule has 0 spiro atoms. The molecule has 4 N–H and O–H groups in total. The maximum atomic E-state index is 13.1. The van der Waals surface area contributed by atoms with Crippen molar-refractivity contribution in [2.45, 2.75) is 6.18 Å². The zero-order valence-corrected chi connectivity index (χ0v) is 18.9. The zero-order valence-electron chi connectivity index (χ0n) is 18.2. The van der Waals surface area contributed by atoms with E-state index >= 15 is 0 Å². The number of nitrogens with zero attached hydrogens (tertiary/aromatic N) is 3. The van der Waals surface area contributed by atoms with E-state index in [0.717, 1.165) is 12.1 Å². The van der Waals surface area contributed by atoms with E-state index in [4.69, 9.17) is 22.1 Å². The number of benzene rings is 2. The van der Waals surface area contributed by atoms with Gasteiger partial charge in [0.2, 0.25) is 11.6 Å². The van der Waals surface area contributed by atoms with Crippen LogP contribution in [0.25, 0.3) is 0 Å². The quantitative estimate of drug-likeness (QED) is 0.284. The molecule has 0 fully saturated rings. The molecule has 0 atom stereocenters. The Balaban J connectivity index is 1.82. The number of carbonyl (C=O) groups excluding carboxylic acids is 1. The third-order valence-corrected chi connectivity index (χ3v) is 4.88. The summed E-state index contributed by atoms with van der Waals surface area (Å²) in [7, 11) is 3.34. The molecule has 2 amide bonds. The lowest BCUT2D eigenvalue weighted by molar-refractivity contribution is -0.384. The van der Waals surface area contributed by atoms with Crippen molar-refractivity contribution in [1.82, 2.24) is 4.98 Å². The summed E-state index contributed by atoms with van der Waals surface area (Å²) in [6.07, 6.45) is -3.43. The van der Waals surface area contributed by atoms with Crippen LogP contribution < -0.4 is 26.0 Å². The number of amides is 2. The number of anilines is 4. The number of pyridine rings is 1. The van der Waals surface area contributed by atoms with E-state index in [-0.39, 0.29) is 28.7 Å². The van der Waals surface area contributed by atoms with E-state index in [2.05, 4.69) is 15.6 Å². The molecule has 0 saturated heterocycles. The predicted octanol–water partition coefficient (Wildman–Crippen LogP) is 5.75. The summed E-state index contributed by atoms with van der Waals surface area (Å²) in [5.74, 6) is -0.249. The van der Waals surface area contributed by atoms with Gasteiger partial charge in [0.25, 0.3) is 0 Å². The molecular formula is C21H18ClF3N6O4. The smallest absolute Gasteiger partial charge is 0.417 e. The van der Waals surface area contributed by atoms with Crippen molar-refractivity contribution >= 4 is 46.2 Å². The van der Waals surface area contributed by atoms with Crippen LogP contribution in [0.15, 0.2) is 48.7 Å². The van der Waals surface area contributed by atoms with E-state index in [0.29, 0.717) is 5.69 Å². The second-order valence-corrected chi connectivity index (χ2v) is 7.65. The molecule has 14 heteroatoms. The number of carbonyl (C=O) groups is 1. The number of hydrogen-bond acceptors (Lipinski definition) is 7. The Labute approximate surface area is 201 Å². The van der Waals surface area contributed by atoms with E-state index in [1.54, 1.807) is 19.0 Å². The highest BCUT2D eigenvalue weighted by molar-refractivity contribution is 6.31. The van der Waals surface area contributed by atoms with Gasteiger partial charge in [0.05, 0.1) is 26.9 Å². The minimum Gasteiger partial charge on any atom is -0.450 e. The summed E-state index contributed by atoms with van der Waals surface area (Å²) < 4.78 is 44.8. The van der Waals surface area contributed by atoms with Crippen LogP contribution in [0.4, 0.5) is 46.5 Å². The van der Waals surface area contributed by atoms with Crippen molar-refractivity contribution in [3.05, 3.63) is 69.4 Å². The molecule has 1 aromatic heterocycles. The number of nitrogens with one attached hydrogen (secondary N) is 2. The minimum absolute atomic E-state index is 0.117. The van der Waals surface area contributed by atoms with E-state index in [1.807, 2.05) is 0 Å². The predicted molar refractivity (Wildman–Crippen MR) is 125 cm³/mol. The van der Waals surface area contributed by atoms with E-state index < -0.39 is 33.4 Å². The van der Waals surface area contributed by atoms with Crippen molar-refractivity contribution < 1.29 is 27.6 Å². The maximum absolute atomic E-state index is 13.1. The summed E-state index contributed by atoms with van der Waals surface area (Å²) in [4.78, 5) is 28.3. The summed E-state index contributed by atoms with van der Waals surface area (Å²) in [5, 5.41) is 15.7. The van der Waals surface area contributed by atoms with Gasteiger partial charge in [0.15, 0.2) is 0 Å². The van der Waals surface area contributed by atoms with Gasteiger partial charge < -0.3 is 26.0 Å². The number of alkyl halides is 3. The first-order valence-corrected chi connectivity index (χ1v) is 10.1. The fourth-order valence-electron chi connectivity index (χ4n) is 3.00. The molecule has 0 aliphatic carbocycles. The first-order chi connectivity index (χ1) is 16.4. The monoisotopic (exact) mass is 510 g/mol. The zero-order chi connectivity index (χ0) is 25.9. The summed E-state index contributed by atoms with van der Waals surface area (Å²) in [5.41, 5.74) is 4.60. The van der Waals surface area contributed by atoms with Crippen LogP contribution in [0.2, 0.25) is 5.02 Å². The van der Waals surface area contributed by atoms with Crippen LogP contribution in [0.3, 0.4) is 0 Å². The van der Waals surface area contributed by atoms with Crippen molar-refractivity contribution in [1.29, 1.82) is 0 Å². The van der Waals surface area contributed by atoms with Crippen molar-refractivity contribution in [2.24, 2.45) is 0 Å². The van der Waals surface area contributed by atoms with Gasteiger partial charge in [-0.3, -0.25) is 10.1 Å². The second-order valence-electron chi connectivity index (χ2n) is 7.25. The highest BCUT2D eigenvalue weighted by Gasteiger charge is 2.33. The Morgan fingerprint density at radius 1 is 1.17 bits per heavy atom. The molecule has 0 bridgehead atoms. The Morgan fingerprint density at radius 2 is 1.89 bits per heavy atom. The van der Waals surface area contributed by atoms with Crippen LogP contribution in [0.1, 0.15) is 5.56 Å². The second kappa shape index (κ2) is 9.93. The number of aromatic nitrogens is 1. The summed E-state index contributed by atoms with van der Waals surface area (Å²) >= 11 is 5.60. The third kappa shape index (κ3) is 6.00. The molecule has 0 radical (unpaired) electrons. The topological polar surface area (TPSA) is 136 Å². The van der Waals surface area contributed by atoms with Gasteiger partial charge in [-0.2, -0.15) is 13.2 Å². The molecule has 2 aromatic carbocycles. The van der Waals surface area contributed by atoms with Crippen LogP contribution in [-0.4, -0.2) is 30.0 Å². The normalized spacial score (nSPS) is 11.0. The van der Waals surface area contributed by atoms with Crippen LogP contribution in [-0.2, 0) is 6.18 Å². The lowest BCUT2D eigenvalue weighted by Gasteiger charge is -2.20. The molecule has 0 aliphatic rings. The highest BCUT2D eigenvalue weighted by Crippen LogP contribution is 2.38. The number of urea groups is 1. The summed E-state index contributed by atoms with van der Waals surface area (Å²) in [6, 6.07) is 7.85. The van der Waals surface area contributed by atoms with Crippen molar-refractivity contribution in [2.75, 3.05) is 35.4 Å². The van der Waals surface area contributed by atoms with E-state index in [1.165, 1.54) is 36.5 Å². The minimum atomic E-state index is -4.69. The van der Waals surface area contributed by atoms with E-state index in [9.17, 15) is 28.1 Å². The number of halogens is 4. The highest BCUT2D eigenvalue weighted by atomic mass is 35.5. The van der Waals surface area contributed by atoms with Crippen molar-refractivity contribution in [3.63, 3.8) is 0 Å². The van der Waals surface area contributed by atoms with Gasteiger partial charge in [-0.05, 0) is 30.3 Å². The number of rotatable bonds is 6. The molecule has 0 saturated carbocycles. The SMILES string of the molecule is CN(C)c1cc(Oc2ccnc(N)c2[N+](=O)[O-])ccc1NC(=O)Nc1ccc(Cl)c(C(F)(F)F)c1. The van der Waals surface area contributed by atoms with Gasteiger partial charge in [-0.1, -0.05) is 11.6 Å². The fourth-order valence-corrected chi connectivity index (χ4v) is 3.22. The lowest BCUT2D eigenvalue weighted by atomic mass is 10.2. The number of nitrogens with two attached hydrogens (primary N) is 1. The average Bonchev–Trinajstić information content (AvgIpc) is 2.75. The number of nitro groups is 1. The fraction of sp³-hybridized carbons (Fsp3) is 0.143.